The summed E-state index contributed by atoms with van der Waals surface area (Å²) in [4.78, 5) is 75.9. The van der Waals surface area contributed by atoms with Gasteiger partial charge in [0.2, 0.25) is 29.5 Å². The summed E-state index contributed by atoms with van der Waals surface area (Å²) in [7, 11) is 0. The first-order valence-corrected chi connectivity index (χ1v) is 17.1. The normalized spacial score (nSPS) is 16.1. The molecule has 0 aromatic heterocycles. The average molecular weight is 686 g/mol. The highest BCUT2D eigenvalue weighted by Crippen LogP contribution is 2.15. The number of carboxylic acid groups (broad SMARTS) is 1. The van der Waals surface area contributed by atoms with Crippen molar-refractivity contribution in [1.82, 2.24) is 26.6 Å². The predicted molar refractivity (Wildman–Crippen MR) is 182 cm³/mol. The monoisotopic (exact) mass is 685 g/mol. The third kappa shape index (κ3) is 17.8. The lowest BCUT2D eigenvalue weighted by atomic mass is 9.95. The number of aliphatic hydroxyl groups is 2. The van der Waals surface area contributed by atoms with Gasteiger partial charge in [0.05, 0.1) is 37.1 Å². The van der Waals surface area contributed by atoms with E-state index in [1.165, 1.54) is 6.92 Å². The van der Waals surface area contributed by atoms with Crippen molar-refractivity contribution < 1.29 is 44.1 Å². The number of aliphatic hydroxyl groups excluding tert-OH is 2. The minimum atomic E-state index is -1.33. The van der Waals surface area contributed by atoms with E-state index in [0.717, 1.165) is 0 Å². The summed E-state index contributed by atoms with van der Waals surface area (Å²) in [5, 5.41) is 43.9. The molecule has 14 nitrogen and oxygen atoms in total. The van der Waals surface area contributed by atoms with Gasteiger partial charge in [0, 0.05) is 6.42 Å². The second-order valence-electron chi connectivity index (χ2n) is 14.8. The number of amides is 5. The van der Waals surface area contributed by atoms with E-state index in [9.17, 15) is 39.0 Å². The van der Waals surface area contributed by atoms with Crippen molar-refractivity contribution in [3.63, 3.8) is 0 Å². The molecule has 0 rings (SSSR count). The first kappa shape index (κ1) is 44.7. The van der Waals surface area contributed by atoms with E-state index in [0.29, 0.717) is 12.8 Å². The zero-order valence-electron chi connectivity index (χ0n) is 30.8. The summed E-state index contributed by atoms with van der Waals surface area (Å²) in [6.45, 7) is 19.8. The molecule has 0 heterocycles. The van der Waals surface area contributed by atoms with Crippen LogP contribution in [0.2, 0.25) is 0 Å². The third-order valence-corrected chi connectivity index (χ3v) is 7.69. The van der Waals surface area contributed by atoms with Gasteiger partial charge in [0.15, 0.2) is 0 Å². The van der Waals surface area contributed by atoms with Gasteiger partial charge in [0.1, 0.15) is 18.1 Å². The molecular weight excluding hydrogens is 622 g/mol. The average Bonchev–Trinajstić information content (AvgIpc) is 2.91. The van der Waals surface area contributed by atoms with Gasteiger partial charge in [-0.1, -0.05) is 69.2 Å². The molecule has 4 unspecified atom stereocenters. The third-order valence-electron chi connectivity index (χ3n) is 7.69. The van der Waals surface area contributed by atoms with Gasteiger partial charge in [-0.15, -0.1) is 0 Å². The molecule has 0 radical (unpaired) electrons. The van der Waals surface area contributed by atoms with E-state index in [-0.39, 0.29) is 41.9 Å². The summed E-state index contributed by atoms with van der Waals surface area (Å²) in [6, 6.07) is -4.61. The molecular formula is C34H63N5O9. The Hall–Kier alpha value is -3.26. The van der Waals surface area contributed by atoms with Crippen LogP contribution in [0.3, 0.4) is 0 Å². The molecule has 0 bridgehead atoms. The van der Waals surface area contributed by atoms with E-state index in [4.69, 9.17) is 5.11 Å². The molecule has 48 heavy (non-hydrogen) atoms. The topological polar surface area (TPSA) is 223 Å². The number of carbonyl (C=O) groups is 6. The number of rotatable bonds is 22. The number of hydrogen-bond acceptors (Lipinski definition) is 8. The molecule has 0 fully saturated rings. The summed E-state index contributed by atoms with van der Waals surface area (Å²) in [5.41, 5.74) is 0. The molecule has 0 aliphatic heterocycles. The number of aliphatic carboxylic acids is 1. The molecule has 0 saturated heterocycles. The van der Waals surface area contributed by atoms with Gasteiger partial charge in [-0.25, -0.2) is 0 Å². The number of carbonyl (C=O) groups excluding carboxylic acids is 5. The SMILES string of the molecule is CC(C)CC(=O)N[C@H](C(=O)N[C@H](C(=O)NC(CC(C)C)C(O)CC(=O)N[C@@H](C)C(=O)NC(CC(C)C)C(O)CC(=O)O)C(C)C)C(C)C. The lowest BCUT2D eigenvalue weighted by Gasteiger charge is -2.31. The number of nitrogens with one attached hydrogen (secondary N) is 5. The Morgan fingerprint density at radius 3 is 1.29 bits per heavy atom. The minimum Gasteiger partial charge on any atom is -0.481 e. The molecule has 5 amide bonds. The molecule has 0 aliphatic rings. The Kier molecular flexibility index (Phi) is 20.2. The van der Waals surface area contributed by atoms with Crippen LogP contribution in [0.15, 0.2) is 0 Å². The van der Waals surface area contributed by atoms with Crippen LogP contribution in [-0.2, 0) is 28.8 Å². The fraction of sp³-hybridized carbons (Fsp3) is 0.824. The van der Waals surface area contributed by atoms with Crippen LogP contribution in [0.4, 0.5) is 0 Å². The van der Waals surface area contributed by atoms with Crippen molar-refractivity contribution in [3.8, 4) is 0 Å². The first-order valence-electron chi connectivity index (χ1n) is 17.1. The maximum atomic E-state index is 13.5. The second kappa shape index (κ2) is 21.7. The number of hydrogen-bond donors (Lipinski definition) is 8. The van der Waals surface area contributed by atoms with E-state index >= 15 is 0 Å². The van der Waals surface area contributed by atoms with E-state index < -0.39 is 84.9 Å². The molecule has 0 spiro atoms. The molecule has 7 atom stereocenters. The summed E-state index contributed by atoms with van der Waals surface area (Å²) in [6.07, 6.45) is -2.76. The van der Waals surface area contributed by atoms with Crippen molar-refractivity contribution in [3.05, 3.63) is 0 Å². The highest BCUT2D eigenvalue weighted by Gasteiger charge is 2.34. The largest absolute Gasteiger partial charge is 0.481 e. The maximum Gasteiger partial charge on any atom is 0.306 e. The molecule has 0 saturated carbocycles. The molecule has 0 aromatic carbocycles. The fourth-order valence-corrected chi connectivity index (χ4v) is 5.16. The molecule has 8 N–H and O–H groups in total. The van der Waals surface area contributed by atoms with Gasteiger partial charge >= 0.3 is 5.97 Å². The van der Waals surface area contributed by atoms with Gasteiger partial charge < -0.3 is 41.9 Å². The highest BCUT2D eigenvalue weighted by atomic mass is 16.4. The van der Waals surface area contributed by atoms with E-state index in [2.05, 4.69) is 26.6 Å². The van der Waals surface area contributed by atoms with Gasteiger partial charge in [-0.2, -0.15) is 0 Å². The Balaban J connectivity index is 5.60. The van der Waals surface area contributed by atoms with Crippen molar-refractivity contribution in [2.75, 3.05) is 0 Å². The van der Waals surface area contributed by atoms with Crippen molar-refractivity contribution in [2.24, 2.45) is 29.6 Å². The Labute approximate surface area is 286 Å². The molecule has 0 aliphatic carbocycles. The molecule has 0 aromatic rings. The Bertz CT molecular complexity index is 1060. The van der Waals surface area contributed by atoms with Gasteiger partial charge in [0.25, 0.3) is 0 Å². The quantitative estimate of drug-likeness (QED) is 0.0825. The Morgan fingerprint density at radius 2 is 0.875 bits per heavy atom. The maximum absolute atomic E-state index is 13.5. The van der Waals surface area contributed by atoms with Crippen LogP contribution >= 0.6 is 0 Å². The fourth-order valence-electron chi connectivity index (χ4n) is 5.16. The van der Waals surface area contributed by atoms with E-state index in [1.54, 1.807) is 27.7 Å². The second-order valence-corrected chi connectivity index (χ2v) is 14.8. The first-order chi connectivity index (χ1) is 22.0. The molecule has 14 heteroatoms. The summed E-state index contributed by atoms with van der Waals surface area (Å²) < 4.78 is 0. The van der Waals surface area contributed by atoms with Crippen molar-refractivity contribution in [1.29, 1.82) is 0 Å². The zero-order valence-corrected chi connectivity index (χ0v) is 30.8. The smallest absolute Gasteiger partial charge is 0.306 e. The Morgan fingerprint density at radius 1 is 0.479 bits per heavy atom. The van der Waals surface area contributed by atoms with E-state index in [1.807, 2.05) is 41.5 Å². The van der Waals surface area contributed by atoms with Crippen molar-refractivity contribution in [2.45, 2.75) is 151 Å². The van der Waals surface area contributed by atoms with Crippen LogP contribution in [0.1, 0.15) is 108 Å². The zero-order chi connectivity index (χ0) is 37.5. The predicted octanol–water partition coefficient (Wildman–Crippen LogP) is 1.47. The lowest BCUT2D eigenvalue weighted by molar-refractivity contribution is -0.140. The number of carboxylic acids is 1. The summed E-state index contributed by atoms with van der Waals surface area (Å²) >= 11 is 0. The van der Waals surface area contributed by atoms with Crippen LogP contribution < -0.4 is 26.6 Å². The van der Waals surface area contributed by atoms with Crippen LogP contribution in [0.25, 0.3) is 0 Å². The highest BCUT2D eigenvalue weighted by molar-refractivity contribution is 5.92. The molecule has 278 valence electrons. The summed E-state index contributed by atoms with van der Waals surface area (Å²) in [5.74, 6) is -4.25. The van der Waals surface area contributed by atoms with Crippen molar-refractivity contribution >= 4 is 35.5 Å². The lowest BCUT2D eigenvalue weighted by Crippen LogP contribution is -2.59. The van der Waals surface area contributed by atoms with Crippen LogP contribution in [0, 0.1) is 29.6 Å². The van der Waals surface area contributed by atoms with Gasteiger partial charge in [-0.05, 0) is 49.4 Å². The van der Waals surface area contributed by atoms with Crippen LogP contribution in [0.5, 0.6) is 0 Å². The van der Waals surface area contributed by atoms with Crippen LogP contribution in [-0.4, -0.2) is 93.2 Å². The van der Waals surface area contributed by atoms with Gasteiger partial charge in [-0.3, -0.25) is 28.8 Å². The standard InChI is InChI=1S/C34H63N5O9/c1-17(2)12-23(37-33(47)31(21(9)10)39-34(48)30(20(7)8)38-27(42)14-19(5)6)25(40)15-28(43)35-22(11)32(46)36-24(13-18(3)4)26(41)16-29(44)45/h17-26,30-31,40-41H,12-16H2,1-11H3,(H,35,43)(H,36,46)(H,37,47)(H,38,42)(H,39,48)(H,44,45)/t22-,23?,24?,25?,26?,30-,31-/m0/s1. The minimum absolute atomic E-state index is 0.0152.